The quantitative estimate of drug-likeness (QED) is 0.717. The molecule has 1 heterocycles. The summed E-state index contributed by atoms with van der Waals surface area (Å²) in [5.41, 5.74) is 2.61. The highest BCUT2D eigenvalue weighted by Crippen LogP contribution is 2.47. The van der Waals surface area contributed by atoms with Crippen LogP contribution in [0.1, 0.15) is 51.5 Å². The van der Waals surface area contributed by atoms with Gasteiger partial charge in [0, 0.05) is 39.8 Å². The molecule has 2 aliphatic carbocycles. The Kier molecular flexibility index (Phi) is 3.91. The summed E-state index contributed by atoms with van der Waals surface area (Å²) in [5, 5.41) is 0.484. The van der Waals surface area contributed by atoms with Gasteiger partial charge >= 0.3 is 0 Å². The van der Waals surface area contributed by atoms with Gasteiger partial charge < -0.3 is 0 Å². The van der Waals surface area contributed by atoms with Gasteiger partial charge in [0.2, 0.25) is 5.78 Å². The molecular formula is C23H16ClNO3. The third-order valence-electron chi connectivity index (χ3n) is 5.83. The van der Waals surface area contributed by atoms with Gasteiger partial charge in [-0.3, -0.25) is 19.4 Å². The molecule has 2 aromatic rings. The second-order valence-electron chi connectivity index (χ2n) is 7.37. The minimum atomic E-state index is -0.575. The van der Waals surface area contributed by atoms with E-state index in [0.29, 0.717) is 52.3 Å². The number of ketones is 3. The third kappa shape index (κ3) is 2.38. The number of benzene rings is 2. The van der Waals surface area contributed by atoms with Crippen LogP contribution in [0.15, 0.2) is 64.8 Å². The zero-order valence-electron chi connectivity index (χ0n) is 14.9. The Hall–Kier alpha value is -2.85. The van der Waals surface area contributed by atoms with Gasteiger partial charge in [0.15, 0.2) is 5.78 Å². The number of hydrogen-bond acceptors (Lipinski definition) is 4. The van der Waals surface area contributed by atoms with Crippen LogP contribution in [0.25, 0.3) is 0 Å². The van der Waals surface area contributed by atoms with Gasteiger partial charge in [-0.1, -0.05) is 54.1 Å². The minimum absolute atomic E-state index is 0.0561. The van der Waals surface area contributed by atoms with Crippen LogP contribution in [0.2, 0.25) is 5.02 Å². The molecule has 0 bridgehead atoms. The average molecular weight is 390 g/mol. The number of hydrogen-bond donors (Lipinski definition) is 0. The van der Waals surface area contributed by atoms with Gasteiger partial charge in [0.05, 0.1) is 5.92 Å². The van der Waals surface area contributed by atoms with E-state index in [4.69, 9.17) is 11.6 Å². The number of nitrogens with zero attached hydrogens (tertiary/aromatic N) is 1. The summed E-state index contributed by atoms with van der Waals surface area (Å²) in [4.78, 5) is 44.1. The summed E-state index contributed by atoms with van der Waals surface area (Å²) in [7, 11) is 0. The highest BCUT2D eigenvalue weighted by molar-refractivity contribution is 6.33. The van der Waals surface area contributed by atoms with E-state index < -0.39 is 11.8 Å². The second-order valence-corrected chi connectivity index (χ2v) is 7.77. The third-order valence-corrected chi connectivity index (χ3v) is 6.18. The lowest BCUT2D eigenvalue weighted by Gasteiger charge is -2.37. The molecule has 0 aromatic heterocycles. The van der Waals surface area contributed by atoms with E-state index in [9.17, 15) is 14.4 Å². The Balaban J connectivity index is 1.80. The predicted octanol–water partition coefficient (Wildman–Crippen LogP) is 4.58. The molecule has 2 aromatic carbocycles. The second kappa shape index (κ2) is 6.35. The standard InChI is InChI=1S/C23H16ClNO3/c24-15-9-4-3-8-14(15)18-19-16(10-5-11-17(19)26)25-21-20(18)22(27)12-6-1-2-7-13(12)23(21)28/h1-4,6-9,18-19H,5,10-11H2. The van der Waals surface area contributed by atoms with Crippen LogP contribution in [-0.4, -0.2) is 23.1 Å². The number of carbonyl (C=O) groups is 3. The molecule has 0 spiro atoms. The van der Waals surface area contributed by atoms with Crippen LogP contribution >= 0.6 is 11.6 Å². The first-order valence-corrected chi connectivity index (χ1v) is 9.73. The summed E-state index contributed by atoms with van der Waals surface area (Å²) in [6.45, 7) is 0. The van der Waals surface area contributed by atoms with E-state index in [0.717, 1.165) is 0 Å². The van der Waals surface area contributed by atoms with Crippen LogP contribution in [0.4, 0.5) is 0 Å². The zero-order chi connectivity index (χ0) is 19.4. The summed E-state index contributed by atoms with van der Waals surface area (Å²) >= 11 is 6.48. The lowest BCUT2D eigenvalue weighted by atomic mass is 9.66. The topological polar surface area (TPSA) is 63.6 Å². The first kappa shape index (κ1) is 17.3. The van der Waals surface area contributed by atoms with Gasteiger partial charge in [0.25, 0.3) is 0 Å². The summed E-state index contributed by atoms with van der Waals surface area (Å²) in [6, 6.07) is 14.0. The number of aliphatic imine (C=N–C) groups is 1. The fraction of sp³-hybridized carbons (Fsp3) is 0.217. The summed E-state index contributed by atoms with van der Waals surface area (Å²) < 4.78 is 0. The van der Waals surface area contributed by atoms with Crippen molar-refractivity contribution in [2.24, 2.45) is 10.9 Å². The highest BCUT2D eigenvalue weighted by Gasteiger charge is 2.47. The number of rotatable bonds is 1. The smallest absolute Gasteiger partial charge is 0.212 e. The fourth-order valence-corrected chi connectivity index (χ4v) is 4.85. The summed E-state index contributed by atoms with van der Waals surface area (Å²) in [6.07, 6.45) is 1.81. The van der Waals surface area contributed by atoms with Gasteiger partial charge in [-0.2, -0.15) is 0 Å². The fourth-order valence-electron chi connectivity index (χ4n) is 4.60. The molecule has 1 aliphatic heterocycles. The molecule has 5 heteroatoms. The molecule has 0 N–H and O–H groups in total. The van der Waals surface area contributed by atoms with Crippen molar-refractivity contribution in [1.82, 2.24) is 0 Å². The molecule has 1 fully saturated rings. The Morgan fingerprint density at radius 2 is 1.50 bits per heavy atom. The van der Waals surface area contributed by atoms with Crippen molar-refractivity contribution < 1.29 is 14.4 Å². The van der Waals surface area contributed by atoms with Crippen molar-refractivity contribution in [2.45, 2.75) is 25.2 Å². The maximum atomic E-state index is 13.4. The molecule has 1 saturated carbocycles. The molecular weight excluding hydrogens is 374 g/mol. The largest absolute Gasteiger partial charge is 0.299 e. The molecule has 138 valence electrons. The van der Waals surface area contributed by atoms with E-state index in [1.54, 1.807) is 30.3 Å². The molecule has 0 amide bonds. The molecule has 4 nitrogen and oxygen atoms in total. The Labute approximate surface area is 166 Å². The summed E-state index contributed by atoms with van der Waals surface area (Å²) in [5.74, 6) is -1.55. The van der Waals surface area contributed by atoms with E-state index in [2.05, 4.69) is 4.99 Å². The number of Topliss-reactive ketones (excluding diaryl/α,β-unsaturated/α-hetero) is 3. The maximum absolute atomic E-state index is 13.4. The number of halogens is 1. The first-order chi connectivity index (χ1) is 13.6. The molecule has 28 heavy (non-hydrogen) atoms. The van der Waals surface area contributed by atoms with Crippen molar-refractivity contribution in [3.8, 4) is 0 Å². The van der Waals surface area contributed by atoms with Gasteiger partial charge in [-0.15, -0.1) is 0 Å². The predicted molar refractivity (Wildman–Crippen MR) is 106 cm³/mol. The number of allylic oxidation sites excluding steroid dienone is 2. The van der Waals surface area contributed by atoms with Crippen LogP contribution in [-0.2, 0) is 4.79 Å². The normalized spacial score (nSPS) is 23.8. The first-order valence-electron chi connectivity index (χ1n) is 9.35. The van der Waals surface area contributed by atoms with Gasteiger partial charge in [0.1, 0.15) is 11.5 Å². The molecule has 2 unspecified atom stereocenters. The highest BCUT2D eigenvalue weighted by atomic mass is 35.5. The van der Waals surface area contributed by atoms with Gasteiger partial charge in [-0.25, -0.2) is 0 Å². The molecule has 3 aliphatic rings. The van der Waals surface area contributed by atoms with Crippen molar-refractivity contribution in [3.05, 3.63) is 81.5 Å². The maximum Gasteiger partial charge on any atom is 0.212 e. The number of carbonyl (C=O) groups excluding carboxylic acids is 3. The van der Waals surface area contributed by atoms with Crippen molar-refractivity contribution >= 4 is 34.7 Å². The average Bonchev–Trinajstić information content (AvgIpc) is 2.71. The molecule has 2 atom stereocenters. The number of fused-ring (bicyclic) bond motifs is 2. The lowest BCUT2D eigenvalue weighted by molar-refractivity contribution is -0.121. The minimum Gasteiger partial charge on any atom is -0.299 e. The Morgan fingerprint density at radius 3 is 2.25 bits per heavy atom. The zero-order valence-corrected chi connectivity index (χ0v) is 15.7. The van der Waals surface area contributed by atoms with Crippen molar-refractivity contribution in [2.75, 3.05) is 0 Å². The van der Waals surface area contributed by atoms with E-state index in [1.165, 1.54) is 0 Å². The molecule has 0 saturated heterocycles. The van der Waals surface area contributed by atoms with Crippen LogP contribution in [0.3, 0.4) is 0 Å². The molecule has 0 radical (unpaired) electrons. The Morgan fingerprint density at radius 1 is 0.821 bits per heavy atom. The van der Waals surface area contributed by atoms with E-state index in [-0.39, 0.29) is 23.0 Å². The Bertz CT molecular complexity index is 1130. The van der Waals surface area contributed by atoms with Crippen molar-refractivity contribution in [1.29, 1.82) is 0 Å². The van der Waals surface area contributed by atoms with Crippen LogP contribution in [0.5, 0.6) is 0 Å². The molecule has 5 rings (SSSR count). The monoisotopic (exact) mass is 389 g/mol. The van der Waals surface area contributed by atoms with Crippen molar-refractivity contribution in [3.63, 3.8) is 0 Å². The van der Waals surface area contributed by atoms with E-state index >= 15 is 0 Å². The lowest BCUT2D eigenvalue weighted by Crippen LogP contribution is -2.41. The van der Waals surface area contributed by atoms with E-state index in [1.807, 2.05) is 18.2 Å². The van der Waals surface area contributed by atoms with Crippen LogP contribution in [0, 0.1) is 5.92 Å². The van der Waals surface area contributed by atoms with Gasteiger partial charge in [-0.05, 0) is 24.5 Å². The van der Waals surface area contributed by atoms with Crippen LogP contribution < -0.4 is 0 Å². The SMILES string of the molecule is O=C1C2=C(C(=O)c3ccccc31)C(c1ccccc1Cl)C1C(=O)CCCC1=N2.